The Hall–Kier alpha value is -0.830. The van der Waals surface area contributed by atoms with Crippen molar-refractivity contribution in [3.05, 3.63) is 21.4 Å². The first kappa shape index (κ1) is 14.2. The number of amides is 1. The van der Waals surface area contributed by atoms with Crippen LogP contribution in [0, 0.1) is 6.92 Å². The zero-order valence-corrected chi connectivity index (χ0v) is 11.4. The van der Waals surface area contributed by atoms with Gasteiger partial charge in [0.2, 0.25) is 0 Å². The van der Waals surface area contributed by atoms with Gasteiger partial charge in [-0.25, -0.2) is 0 Å². The third-order valence-electron chi connectivity index (χ3n) is 2.02. The van der Waals surface area contributed by atoms with E-state index in [9.17, 15) is 4.79 Å². The minimum Gasteiger partial charge on any atom is -0.337 e. The molecule has 2 heterocycles. The number of hydrogen-bond acceptors (Lipinski definition) is 2. The molecule has 0 saturated heterocycles. The minimum atomic E-state index is 0.179. The fraction of sp³-hybridized carbons (Fsp3) is 0.583. The molecule has 86 valence electrons. The molecule has 0 saturated carbocycles. The van der Waals surface area contributed by atoms with Crippen LogP contribution in [-0.2, 0) is 6.54 Å². The van der Waals surface area contributed by atoms with Gasteiger partial charge in [0.1, 0.15) is 0 Å². The van der Waals surface area contributed by atoms with E-state index >= 15 is 0 Å². The smallest absolute Gasteiger partial charge is 0.255 e. The lowest BCUT2D eigenvalue weighted by Crippen LogP contribution is -2.18. The summed E-state index contributed by atoms with van der Waals surface area (Å²) in [5.74, 6) is 0.179. The first-order valence-electron chi connectivity index (χ1n) is 5.52. The molecule has 0 aromatic carbocycles. The first-order chi connectivity index (χ1) is 7.20. The van der Waals surface area contributed by atoms with Crippen molar-refractivity contribution in [2.45, 2.75) is 41.2 Å². The van der Waals surface area contributed by atoms with E-state index in [0.717, 1.165) is 17.0 Å². The summed E-state index contributed by atoms with van der Waals surface area (Å²) < 4.78 is 0. The molecule has 1 aliphatic heterocycles. The topological polar surface area (TPSA) is 20.3 Å². The summed E-state index contributed by atoms with van der Waals surface area (Å²) >= 11 is 1.67. The summed E-state index contributed by atoms with van der Waals surface area (Å²) in [6.45, 7) is 10.8. The molecule has 2 nitrogen and oxygen atoms in total. The summed E-state index contributed by atoms with van der Waals surface area (Å²) in [6.07, 6.45) is 0. The summed E-state index contributed by atoms with van der Waals surface area (Å²) in [5.41, 5.74) is 2.14. The van der Waals surface area contributed by atoms with Gasteiger partial charge in [0.25, 0.3) is 5.91 Å². The monoisotopic (exact) mass is 227 g/mol. The molecule has 1 amide bonds. The Morgan fingerprint density at radius 3 is 2.27 bits per heavy atom. The molecule has 0 aliphatic carbocycles. The van der Waals surface area contributed by atoms with Crippen LogP contribution in [-0.4, -0.2) is 17.9 Å². The van der Waals surface area contributed by atoms with E-state index < -0.39 is 0 Å². The normalized spacial score (nSPS) is 12.4. The van der Waals surface area contributed by atoms with Crippen molar-refractivity contribution < 1.29 is 4.79 Å². The fourth-order valence-corrected chi connectivity index (χ4v) is 2.27. The predicted octanol–water partition coefficient (Wildman–Crippen LogP) is 3.69. The number of aryl methyl sites for hydroxylation is 1. The Labute approximate surface area is 96.9 Å². The largest absolute Gasteiger partial charge is 0.337 e. The molecule has 1 aromatic heterocycles. The van der Waals surface area contributed by atoms with Crippen molar-refractivity contribution in [2.24, 2.45) is 0 Å². The molecule has 0 spiro atoms. The molecule has 0 atom stereocenters. The maximum atomic E-state index is 11.4. The molecule has 3 heteroatoms. The van der Waals surface area contributed by atoms with Gasteiger partial charge in [-0.05, 0) is 17.9 Å². The van der Waals surface area contributed by atoms with Crippen LogP contribution in [0.2, 0.25) is 0 Å². The van der Waals surface area contributed by atoms with E-state index in [-0.39, 0.29) is 5.91 Å². The zero-order chi connectivity index (χ0) is 12.0. The number of rotatable bonds is 0. The zero-order valence-electron chi connectivity index (χ0n) is 10.5. The summed E-state index contributed by atoms with van der Waals surface area (Å²) in [5, 5.41) is 2.08. The van der Waals surface area contributed by atoms with Gasteiger partial charge < -0.3 is 4.90 Å². The van der Waals surface area contributed by atoms with Gasteiger partial charge in [0.15, 0.2) is 0 Å². The summed E-state index contributed by atoms with van der Waals surface area (Å²) in [4.78, 5) is 14.3. The summed E-state index contributed by atoms with van der Waals surface area (Å²) in [7, 11) is 1.84. The minimum absolute atomic E-state index is 0.179. The number of hydrogen-bond donors (Lipinski definition) is 0. The molecule has 0 unspecified atom stereocenters. The van der Waals surface area contributed by atoms with E-state index in [1.807, 2.05) is 41.7 Å². The Balaban J connectivity index is 0.000000442. The highest BCUT2D eigenvalue weighted by Gasteiger charge is 2.27. The molecule has 0 bridgehead atoms. The van der Waals surface area contributed by atoms with Crippen LogP contribution in [0.25, 0.3) is 0 Å². The van der Waals surface area contributed by atoms with Gasteiger partial charge in [-0.3, -0.25) is 4.79 Å². The van der Waals surface area contributed by atoms with Crippen LogP contribution in [0.1, 0.15) is 48.5 Å². The molecule has 2 rings (SSSR count). The highest BCUT2D eigenvalue weighted by Crippen LogP contribution is 2.29. The van der Waals surface area contributed by atoms with E-state index in [0.29, 0.717) is 0 Å². The number of carbonyl (C=O) groups is 1. The van der Waals surface area contributed by atoms with Crippen LogP contribution in [0.3, 0.4) is 0 Å². The van der Waals surface area contributed by atoms with Gasteiger partial charge in [0, 0.05) is 18.5 Å². The summed E-state index contributed by atoms with van der Waals surface area (Å²) in [6, 6.07) is 0. The number of thiophene rings is 1. The second-order valence-electron chi connectivity index (χ2n) is 2.85. The maximum absolute atomic E-state index is 11.4. The van der Waals surface area contributed by atoms with Crippen molar-refractivity contribution >= 4 is 17.2 Å². The van der Waals surface area contributed by atoms with Crippen LogP contribution in [0.4, 0.5) is 0 Å². The van der Waals surface area contributed by atoms with E-state index in [4.69, 9.17) is 0 Å². The number of carbonyl (C=O) groups excluding carboxylic acids is 1. The molecule has 0 radical (unpaired) electrons. The third-order valence-corrected chi connectivity index (χ3v) is 2.98. The fourth-order valence-electron chi connectivity index (χ4n) is 1.43. The lowest BCUT2D eigenvalue weighted by Gasteiger charge is -2.05. The van der Waals surface area contributed by atoms with Gasteiger partial charge in [-0.15, -0.1) is 11.3 Å². The van der Waals surface area contributed by atoms with Crippen molar-refractivity contribution in [1.82, 2.24) is 4.90 Å². The van der Waals surface area contributed by atoms with E-state index in [1.165, 1.54) is 5.56 Å². The molecule has 0 N–H and O–H groups in total. The van der Waals surface area contributed by atoms with Gasteiger partial charge in [0.05, 0.1) is 5.56 Å². The Kier molecular flexibility index (Phi) is 6.25. The second-order valence-corrected chi connectivity index (χ2v) is 3.94. The lowest BCUT2D eigenvalue weighted by atomic mass is 10.2. The number of nitrogens with zero attached hydrogens (tertiary/aromatic N) is 1. The van der Waals surface area contributed by atoms with Crippen molar-refractivity contribution in [3.63, 3.8) is 0 Å². The quantitative estimate of drug-likeness (QED) is 0.662. The highest BCUT2D eigenvalue weighted by molar-refractivity contribution is 7.10. The van der Waals surface area contributed by atoms with Crippen LogP contribution < -0.4 is 0 Å². The Morgan fingerprint density at radius 1 is 1.27 bits per heavy atom. The standard InChI is InChI=1S/C8H9NOS.2C2H6/c1-5-7-6(4-11-5)3-9(2)8(7)10;2*1-2/h4H,3H2,1-2H3;2*1-2H3. The Bertz CT molecular complexity index is 317. The molecule has 0 fully saturated rings. The predicted molar refractivity (Wildman–Crippen MR) is 67.5 cm³/mol. The van der Waals surface area contributed by atoms with Crippen LogP contribution in [0.15, 0.2) is 5.38 Å². The lowest BCUT2D eigenvalue weighted by molar-refractivity contribution is 0.0816. The van der Waals surface area contributed by atoms with Crippen LogP contribution in [0.5, 0.6) is 0 Å². The van der Waals surface area contributed by atoms with E-state index in [2.05, 4.69) is 5.38 Å². The molecular formula is C12H21NOS. The average molecular weight is 227 g/mol. The Morgan fingerprint density at radius 2 is 1.80 bits per heavy atom. The molecular weight excluding hydrogens is 206 g/mol. The molecule has 1 aliphatic rings. The van der Waals surface area contributed by atoms with Crippen molar-refractivity contribution in [1.29, 1.82) is 0 Å². The number of fused-ring (bicyclic) bond motifs is 1. The second kappa shape index (κ2) is 6.62. The maximum Gasteiger partial charge on any atom is 0.255 e. The van der Waals surface area contributed by atoms with E-state index in [1.54, 1.807) is 16.2 Å². The average Bonchev–Trinajstić information content (AvgIpc) is 2.77. The van der Waals surface area contributed by atoms with Gasteiger partial charge >= 0.3 is 0 Å². The van der Waals surface area contributed by atoms with Gasteiger partial charge in [-0.2, -0.15) is 0 Å². The third kappa shape index (κ3) is 2.81. The molecule has 1 aromatic rings. The molecule has 15 heavy (non-hydrogen) atoms. The first-order valence-corrected chi connectivity index (χ1v) is 6.40. The SMILES string of the molecule is CC.CC.Cc1scc2c1C(=O)N(C)C2. The van der Waals surface area contributed by atoms with Crippen LogP contribution >= 0.6 is 11.3 Å². The van der Waals surface area contributed by atoms with Crippen molar-refractivity contribution in [2.75, 3.05) is 7.05 Å². The van der Waals surface area contributed by atoms with Crippen molar-refractivity contribution in [3.8, 4) is 0 Å². The highest BCUT2D eigenvalue weighted by atomic mass is 32.1. The van der Waals surface area contributed by atoms with Gasteiger partial charge in [-0.1, -0.05) is 27.7 Å².